The van der Waals surface area contributed by atoms with Crippen molar-refractivity contribution in [1.29, 1.82) is 0 Å². The smallest absolute Gasteiger partial charge is 0.156 e. The Hall–Kier alpha value is -1.71. The molecule has 18 heavy (non-hydrogen) atoms. The van der Waals surface area contributed by atoms with Crippen molar-refractivity contribution in [2.24, 2.45) is 4.99 Å². The molecule has 2 N–H and O–H groups in total. The van der Waals surface area contributed by atoms with Crippen molar-refractivity contribution in [3.8, 4) is 5.75 Å². The van der Waals surface area contributed by atoms with E-state index >= 15 is 0 Å². The second-order valence-corrected chi connectivity index (χ2v) is 4.38. The number of hydrogen-bond donors (Lipinski definition) is 1. The topological polar surface area (TPSA) is 50.9 Å². The fraction of sp³-hybridized carbons (Fsp3) is 0.500. The molecule has 0 saturated carbocycles. The molecule has 0 amide bonds. The monoisotopic (exact) mass is 247 g/mol. The highest BCUT2D eigenvalue weighted by Crippen LogP contribution is 2.35. The van der Waals surface area contributed by atoms with Crippen molar-refractivity contribution in [2.45, 2.75) is 33.3 Å². The fourth-order valence-electron chi connectivity index (χ4n) is 2.21. The molecular formula is C14H21N3O. The third-order valence-electron chi connectivity index (χ3n) is 3.23. The lowest BCUT2D eigenvalue weighted by Crippen LogP contribution is -2.42. The molecule has 1 aliphatic rings. The molecule has 1 atom stereocenters. The van der Waals surface area contributed by atoms with Gasteiger partial charge in [-0.25, -0.2) is 4.99 Å². The summed E-state index contributed by atoms with van der Waals surface area (Å²) in [5.41, 5.74) is 7.36. The minimum absolute atomic E-state index is 0.0270. The molecule has 1 aliphatic heterocycles. The van der Waals surface area contributed by atoms with Crippen LogP contribution in [0.4, 0.5) is 11.4 Å². The largest absolute Gasteiger partial charge is 0.480 e. The number of nitrogen functional groups attached to an aromatic ring is 1. The molecule has 0 aromatic heterocycles. The maximum Gasteiger partial charge on any atom is 0.156 e. The number of hydrogen-bond acceptors (Lipinski definition) is 4. The van der Waals surface area contributed by atoms with E-state index in [1.807, 2.05) is 18.2 Å². The van der Waals surface area contributed by atoms with Gasteiger partial charge in [0, 0.05) is 24.8 Å². The van der Waals surface area contributed by atoms with E-state index in [1.54, 1.807) is 0 Å². The van der Waals surface area contributed by atoms with Crippen molar-refractivity contribution in [3.63, 3.8) is 0 Å². The first kappa shape index (κ1) is 12.7. The van der Waals surface area contributed by atoms with Crippen molar-refractivity contribution in [3.05, 3.63) is 18.2 Å². The maximum atomic E-state index is 6.01. The van der Waals surface area contributed by atoms with E-state index in [-0.39, 0.29) is 6.10 Å². The zero-order valence-electron chi connectivity index (χ0n) is 11.3. The van der Waals surface area contributed by atoms with Crippen LogP contribution in [0.2, 0.25) is 0 Å². The van der Waals surface area contributed by atoms with Gasteiger partial charge < -0.3 is 15.4 Å². The van der Waals surface area contributed by atoms with Crippen LogP contribution in [-0.2, 0) is 0 Å². The van der Waals surface area contributed by atoms with Gasteiger partial charge in [-0.1, -0.05) is 6.92 Å². The Morgan fingerprint density at radius 1 is 1.28 bits per heavy atom. The SMILES string of the molecule is CCC1Oc2cc(N)ccc2N=C1N(CC)CC. The summed E-state index contributed by atoms with van der Waals surface area (Å²) in [7, 11) is 0. The molecule has 0 bridgehead atoms. The Bertz CT molecular complexity index is 452. The lowest BCUT2D eigenvalue weighted by Gasteiger charge is -2.32. The van der Waals surface area contributed by atoms with Crippen molar-refractivity contribution in [1.82, 2.24) is 4.90 Å². The lowest BCUT2D eigenvalue weighted by molar-refractivity contribution is 0.235. The van der Waals surface area contributed by atoms with Crippen molar-refractivity contribution in [2.75, 3.05) is 18.8 Å². The molecule has 2 rings (SSSR count). The number of fused-ring (bicyclic) bond motifs is 1. The Morgan fingerprint density at radius 2 is 2.00 bits per heavy atom. The average Bonchev–Trinajstić information content (AvgIpc) is 2.39. The highest BCUT2D eigenvalue weighted by molar-refractivity contribution is 5.91. The maximum absolute atomic E-state index is 6.01. The molecule has 1 heterocycles. The summed E-state index contributed by atoms with van der Waals surface area (Å²) in [6.07, 6.45) is 0.933. The van der Waals surface area contributed by atoms with Gasteiger partial charge in [0.15, 0.2) is 6.10 Å². The molecule has 0 saturated heterocycles. The molecule has 4 nitrogen and oxygen atoms in total. The number of nitrogens with two attached hydrogens (primary N) is 1. The first-order chi connectivity index (χ1) is 8.69. The van der Waals surface area contributed by atoms with Crippen LogP contribution in [-0.4, -0.2) is 29.9 Å². The summed E-state index contributed by atoms with van der Waals surface area (Å²) >= 11 is 0. The third-order valence-corrected chi connectivity index (χ3v) is 3.23. The Kier molecular flexibility index (Phi) is 3.75. The van der Waals surface area contributed by atoms with E-state index in [0.717, 1.165) is 36.8 Å². The molecular weight excluding hydrogens is 226 g/mol. The normalized spacial score (nSPS) is 17.7. The lowest BCUT2D eigenvalue weighted by atomic mass is 10.1. The number of aliphatic imine (C=N–C) groups is 1. The van der Waals surface area contributed by atoms with Crippen LogP contribution in [0.1, 0.15) is 27.2 Å². The number of nitrogens with zero attached hydrogens (tertiary/aromatic N) is 2. The van der Waals surface area contributed by atoms with Gasteiger partial charge in [0.05, 0.1) is 0 Å². The zero-order chi connectivity index (χ0) is 13.1. The van der Waals surface area contributed by atoms with E-state index in [1.165, 1.54) is 0 Å². The number of benzene rings is 1. The van der Waals surface area contributed by atoms with Crippen LogP contribution in [0, 0.1) is 0 Å². The van der Waals surface area contributed by atoms with Crippen LogP contribution in [0.25, 0.3) is 0 Å². The Morgan fingerprint density at radius 3 is 2.61 bits per heavy atom. The Labute approximate surface area is 108 Å². The van der Waals surface area contributed by atoms with Gasteiger partial charge in [-0.15, -0.1) is 0 Å². The predicted molar refractivity (Wildman–Crippen MR) is 75.6 cm³/mol. The minimum atomic E-state index is 0.0270. The van der Waals surface area contributed by atoms with Gasteiger partial charge in [0.25, 0.3) is 0 Å². The van der Waals surface area contributed by atoms with Crippen LogP contribution in [0.15, 0.2) is 23.2 Å². The quantitative estimate of drug-likeness (QED) is 0.836. The average molecular weight is 247 g/mol. The molecule has 98 valence electrons. The minimum Gasteiger partial charge on any atom is -0.480 e. The van der Waals surface area contributed by atoms with E-state index in [9.17, 15) is 0 Å². The van der Waals surface area contributed by atoms with Crippen LogP contribution < -0.4 is 10.5 Å². The molecule has 1 unspecified atom stereocenters. The third kappa shape index (κ3) is 2.28. The molecule has 0 fully saturated rings. The number of ether oxygens (including phenoxy) is 1. The first-order valence-electron chi connectivity index (χ1n) is 6.59. The fourth-order valence-corrected chi connectivity index (χ4v) is 2.21. The second kappa shape index (κ2) is 5.29. The van der Waals surface area contributed by atoms with E-state index in [2.05, 4.69) is 25.7 Å². The molecule has 0 spiro atoms. The zero-order valence-corrected chi connectivity index (χ0v) is 11.3. The summed E-state index contributed by atoms with van der Waals surface area (Å²) in [5.74, 6) is 1.82. The van der Waals surface area contributed by atoms with Crippen LogP contribution >= 0.6 is 0 Å². The van der Waals surface area contributed by atoms with E-state index in [4.69, 9.17) is 15.5 Å². The van der Waals surface area contributed by atoms with Gasteiger partial charge in [-0.05, 0) is 32.4 Å². The highest BCUT2D eigenvalue weighted by Gasteiger charge is 2.26. The van der Waals surface area contributed by atoms with Gasteiger partial charge >= 0.3 is 0 Å². The number of anilines is 1. The number of amidine groups is 1. The highest BCUT2D eigenvalue weighted by atomic mass is 16.5. The van der Waals surface area contributed by atoms with Gasteiger partial charge in [-0.2, -0.15) is 0 Å². The van der Waals surface area contributed by atoms with Gasteiger partial charge in [0.2, 0.25) is 0 Å². The number of likely N-dealkylation sites (N-methyl/N-ethyl adjacent to an activating group) is 1. The summed E-state index contributed by atoms with van der Waals surface area (Å²) in [6, 6.07) is 5.62. The molecule has 0 aliphatic carbocycles. The van der Waals surface area contributed by atoms with Crippen LogP contribution in [0.5, 0.6) is 5.75 Å². The van der Waals surface area contributed by atoms with Crippen molar-refractivity contribution >= 4 is 17.2 Å². The summed E-state index contributed by atoms with van der Waals surface area (Å²) in [4.78, 5) is 6.99. The predicted octanol–water partition coefficient (Wildman–Crippen LogP) is 2.81. The number of rotatable bonds is 3. The molecule has 4 heteroatoms. The van der Waals surface area contributed by atoms with Gasteiger partial charge in [0.1, 0.15) is 17.3 Å². The molecule has 1 aromatic carbocycles. The van der Waals surface area contributed by atoms with Gasteiger partial charge in [-0.3, -0.25) is 0 Å². The van der Waals surface area contributed by atoms with Crippen molar-refractivity contribution < 1.29 is 4.74 Å². The summed E-state index contributed by atoms with van der Waals surface area (Å²) < 4.78 is 6.01. The van der Waals surface area contributed by atoms with E-state index < -0.39 is 0 Å². The van der Waals surface area contributed by atoms with E-state index in [0.29, 0.717) is 5.69 Å². The molecule has 0 radical (unpaired) electrons. The summed E-state index contributed by atoms with van der Waals surface area (Å²) in [5, 5.41) is 0. The molecule has 1 aromatic rings. The Balaban J connectivity index is 2.41. The standard InChI is InChI=1S/C14H21N3O/c1-4-12-14(17(5-2)6-3)16-11-8-7-10(15)9-13(11)18-12/h7-9,12H,4-6,15H2,1-3H3. The summed E-state index contributed by atoms with van der Waals surface area (Å²) in [6.45, 7) is 8.27. The second-order valence-electron chi connectivity index (χ2n) is 4.38. The first-order valence-corrected chi connectivity index (χ1v) is 6.59. The van der Waals surface area contributed by atoms with Crippen LogP contribution in [0.3, 0.4) is 0 Å².